The number of hydrogen-bond donors (Lipinski definition) is 1. The van der Waals surface area contributed by atoms with Gasteiger partial charge in [-0.2, -0.15) is 0 Å². The number of hydrogen-bond acceptors (Lipinski definition) is 6. The number of anilines is 1. The fourth-order valence-electron chi connectivity index (χ4n) is 2.93. The van der Waals surface area contributed by atoms with Gasteiger partial charge in [-0.3, -0.25) is 19.3 Å². The van der Waals surface area contributed by atoms with Gasteiger partial charge in [-0.15, -0.1) is 0 Å². The van der Waals surface area contributed by atoms with Crippen LogP contribution >= 0.6 is 0 Å². The lowest BCUT2D eigenvalue weighted by molar-refractivity contribution is -0.144. The number of nitrogens with zero attached hydrogens (tertiary/aromatic N) is 1. The van der Waals surface area contributed by atoms with Crippen molar-refractivity contribution in [3.63, 3.8) is 0 Å². The van der Waals surface area contributed by atoms with Crippen LogP contribution in [0.2, 0.25) is 0 Å². The number of Topliss-reactive ketones (excluding diaryl/α,β-unsaturated/α-hetero) is 1. The zero-order chi connectivity index (χ0) is 18.0. The van der Waals surface area contributed by atoms with Crippen LogP contribution in [0, 0.1) is 0 Å². The number of amides is 1. The first-order valence-corrected chi connectivity index (χ1v) is 7.83. The lowest BCUT2D eigenvalue weighted by Crippen LogP contribution is -2.44. The molecule has 130 valence electrons. The summed E-state index contributed by atoms with van der Waals surface area (Å²) in [5.74, 6) is -1.77. The fourth-order valence-corrected chi connectivity index (χ4v) is 2.93. The summed E-state index contributed by atoms with van der Waals surface area (Å²) in [6, 6.07) is 9.53. The molecular weight excluding hydrogens is 326 g/mol. The molecule has 7 nitrogen and oxygen atoms in total. The molecule has 0 spiro atoms. The molecule has 0 fully saturated rings. The van der Waals surface area contributed by atoms with Crippen LogP contribution in [0.25, 0.3) is 0 Å². The summed E-state index contributed by atoms with van der Waals surface area (Å²) >= 11 is 0. The predicted octanol–water partition coefficient (Wildman–Crippen LogP) is 1.65. The Balaban J connectivity index is 1.93. The summed E-state index contributed by atoms with van der Waals surface area (Å²) in [7, 11) is 0. The molecule has 1 aliphatic heterocycles. The molecule has 2 heterocycles. The molecule has 1 aromatic heterocycles. The van der Waals surface area contributed by atoms with Crippen LogP contribution in [0.4, 0.5) is 5.69 Å². The number of furan rings is 1. The number of benzene rings is 1. The Morgan fingerprint density at radius 2 is 2.00 bits per heavy atom. The topological polar surface area (TPSA) is 97.0 Å². The van der Waals surface area contributed by atoms with Crippen molar-refractivity contribution in [2.24, 2.45) is 0 Å². The minimum Gasteiger partial charge on any atom is -0.465 e. The van der Waals surface area contributed by atoms with Crippen LogP contribution in [0.3, 0.4) is 0 Å². The van der Waals surface area contributed by atoms with Crippen molar-refractivity contribution in [2.75, 3.05) is 18.1 Å². The molecule has 1 amide bonds. The molecule has 1 aliphatic rings. The largest absolute Gasteiger partial charge is 0.465 e. The smallest absolute Gasteiger partial charge is 0.326 e. The standard InChI is InChI=1S/C18H17NO6/c1-2-24-16(21)11-19-13-7-4-3-6-12(13)18(23,17(19)22)10-14(20)15-8-5-9-25-15/h3-9,23H,2,10-11H2,1H3/t18-/m0/s1. The number of ether oxygens (including phenoxy) is 1. The van der Waals surface area contributed by atoms with Crippen LogP contribution < -0.4 is 4.90 Å². The third-order valence-electron chi connectivity index (χ3n) is 4.04. The molecule has 7 heteroatoms. The minimum atomic E-state index is -2.05. The second-order valence-electron chi connectivity index (χ2n) is 5.65. The van der Waals surface area contributed by atoms with E-state index in [1.807, 2.05) is 0 Å². The van der Waals surface area contributed by atoms with Gasteiger partial charge in [-0.05, 0) is 25.1 Å². The Morgan fingerprint density at radius 3 is 2.68 bits per heavy atom. The highest BCUT2D eigenvalue weighted by molar-refractivity contribution is 6.12. The first-order chi connectivity index (χ1) is 12.0. The second-order valence-corrected chi connectivity index (χ2v) is 5.65. The Labute approximate surface area is 143 Å². The number of para-hydroxylation sites is 1. The predicted molar refractivity (Wildman–Crippen MR) is 87.0 cm³/mol. The van der Waals surface area contributed by atoms with Gasteiger partial charge in [0, 0.05) is 5.56 Å². The van der Waals surface area contributed by atoms with Crippen molar-refractivity contribution >= 4 is 23.3 Å². The summed E-state index contributed by atoms with van der Waals surface area (Å²) in [6.45, 7) is 1.51. The van der Waals surface area contributed by atoms with E-state index in [9.17, 15) is 19.5 Å². The third kappa shape index (κ3) is 2.94. The third-order valence-corrected chi connectivity index (χ3v) is 4.04. The van der Waals surface area contributed by atoms with E-state index in [0.717, 1.165) is 4.90 Å². The van der Waals surface area contributed by atoms with E-state index in [1.165, 1.54) is 12.3 Å². The number of carbonyl (C=O) groups excluding carboxylic acids is 3. The van der Waals surface area contributed by atoms with Crippen molar-refractivity contribution < 1.29 is 28.6 Å². The van der Waals surface area contributed by atoms with Gasteiger partial charge in [0.25, 0.3) is 5.91 Å². The lowest BCUT2D eigenvalue weighted by atomic mass is 9.89. The number of carbonyl (C=O) groups is 3. The number of rotatable bonds is 6. The highest BCUT2D eigenvalue weighted by Crippen LogP contribution is 2.42. The van der Waals surface area contributed by atoms with Crippen molar-refractivity contribution in [3.8, 4) is 0 Å². The number of esters is 1. The Hall–Kier alpha value is -2.93. The molecular formula is C18H17NO6. The first-order valence-electron chi connectivity index (χ1n) is 7.83. The summed E-state index contributed by atoms with van der Waals surface area (Å²) < 4.78 is 9.92. The van der Waals surface area contributed by atoms with E-state index < -0.39 is 29.7 Å². The van der Waals surface area contributed by atoms with E-state index in [0.29, 0.717) is 5.69 Å². The van der Waals surface area contributed by atoms with Gasteiger partial charge < -0.3 is 14.3 Å². The van der Waals surface area contributed by atoms with E-state index in [1.54, 1.807) is 37.3 Å². The average Bonchev–Trinajstić information content (AvgIpc) is 3.19. The highest BCUT2D eigenvalue weighted by atomic mass is 16.5. The summed E-state index contributed by atoms with van der Waals surface area (Å²) in [5.41, 5.74) is -1.38. The van der Waals surface area contributed by atoms with Crippen LogP contribution in [0.15, 0.2) is 47.1 Å². The Morgan fingerprint density at radius 1 is 1.24 bits per heavy atom. The molecule has 1 aromatic carbocycles. The van der Waals surface area contributed by atoms with Gasteiger partial charge in [0.05, 0.1) is 25.0 Å². The molecule has 0 aliphatic carbocycles. The van der Waals surface area contributed by atoms with Crippen molar-refractivity contribution in [1.29, 1.82) is 0 Å². The average molecular weight is 343 g/mol. The maximum atomic E-state index is 12.8. The van der Waals surface area contributed by atoms with Crippen LogP contribution in [0.1, 0.15) is 29.5 Å². The maximum Gasteiger partial charge on any atom is 0.326 e. The summed E-state index contributed by atoms with van der Waals surface area (Å²) in [5, 5.41) is 11.0. The zero-order valence-corrected chi connectivity index (χ0v) is 13.6. The number of fused-ring (bicyclic) bond motifs is 1. The van der Waals surface area contributed by atoms with Crippen molar-refractivity contribution in [1.82, 2.24) is 0 Å². The monoisotopic (exact) mass is 343 g/mol. The van der Waals surface area contributed by atoms with Crippen molar-refractivity contribution in [3.05, 3.63) is 54.0 Å². The van der Waals surface area contributed by atoms with Gasteiger partial charge in [-0.1, -0.05) is 18.2 Å². The van der Waals surface area contributed by atoms with Gasteiger partial charge in [0.2, 0.25) is 5.78 Å². The van der Waals surface area contributed by atoms with Crippen LogP contribution in [0.5, 0.6) is 0 Å². The van der Waals surface area contributed by atoms with Crippen LogP contribution in [-0.2, 0) is 19.9 Å². The summed E-state index contributed by atoms with van der Waals surface area (Å²) in [4.78, 5) is 38.1. The maximum absolute atomic E-state index is 12.8. The zero-order valence-electron chi connectivity index (χ0n) is 13.6. The highest BCUT2D eigenvalue weighted by Gasteiger charge is 2.51. The number of ketones is 1. The van der Waals surface area contributed by atoms with E-state index in [4.69, 9.17) is 9.15 Å². The Bertz CT molecular complexity index is 813. The van der Waals surface area contributed by atoms with E-state index in [-0.39, 0.29) is 24.5 Å². The molecule has 0 radical (unpaired) electrons. The van der Waals surface area contributed by atoms with E-state index >= 15 is 0 Å². The van der Waals surface area contributed by atoms with Gasteiger partial charge >= 0.3 is 5.97 Å². The molecule has 0 saturated heterocycles. The van der Waals surface area contributed by atoms with Gasteiger partial charge in [0.15, 0.2) is 11.4 Å². The molecule has 1 atom stereocenters. The molecule has 25 heavy (non-hydrogen) atoms. The molecule has 1 N–H and O–H groups in total. The van der Waals surface area contributed by atoms with Crippen LogP contribution in [-0.4, -0.2) is 35.9 Å². The molecule has 2 aromatic rings. The lowest BCUT2D eigenvalue weighted by Gasteiger charge is -2.21. The van der Waals surface area contributed by atoms with Gasteiger partial charge in [0.1, 0.15) is 6.54 Å². The quantitative estimate of drug-likeness (QED) is 0.633. The molecule has 3 rings (SSSR count). The molecule has 0 saturated carbocycles. The molecule has 0 unspecified atom stereocenters. The molecule has 0 bridgehead atoms. The van der Waals surface area contributed by atoms with E-state index in [2.05, 4.69) is 0 Å². The Kier molecular flexibility index (Phi) is 4.41. The SMILES string of the molecule is CCOC(=O)CN1C(=O)[C@](O)(CC(=O)c2ccco2)c2ccccc21. The fraction of sp³-hybridized carbons (Fsp3) is 0.278. The van der Waals surface area contributed by atoms with Crippen molar-refractivity contribution in [2.45, 2.75) is 18.9 Å². The van der Waals surface area contributed by atoms with Gasteiger partial charge in [-0.25, -0.2) is 0 Å². The summed E-state index contributed by atoms with van der Waals surface area (Å²) in [6.07, 6.45) is 0.866. The normalized spacial score (nSPS) is 19.0. The first kappa shape index (κ1) is 16.9. The minimum absolute atomic E-state index is 0.0579. The number of aliphatic hydroxyl groups is 1. The second kappa shape index (κ2) is 6.52.